The van der Waals surface area contributed by atoms with Crippen molar-refractivity contribution in [2.24, 2.45) is 5.41 Å². The molecule has 0 saturated carbocycles. The first-order chi connectivity index (χ1) is 17.6. The van der Waals surface area contributed by atoms with Crippen LogP contribution in [0, 0.1) is 17.3 Å². The molecule has 2 aliphatic rings. The summed E-state index contributed by atoms with van der Waals surface area (Å²) in [7, 11) is 0. The number of hydrogen-bond acceptors (Lipinski definition) is 5. The molecule has 9 heteroatoms. The van der Waals surface area contributed by atoms with Crippen LogP contribution in [0.4, 0.5) is 18.0 Å². The topological polar surface area (TPSA) is 59.1 Å². The summed E-state index contributed by atoms with van der Waals surface area (Å²) in [6.45, 7) is 13.0. The summed E-state index contributed by atoms with van der Waals surface area (Å²) in [6.07, 6.45) is -1.35. The smallest absolute Gasteiger partial charge is 0.416 e. The van der Waals surface area contributed by atoms with Gasteiger partial charge in [0.25, 0.3) is 0 Å². The highest BCUT2D eigenvalue weighted by Gasteiger charge is 2.44. The zero-order chi connectivity index (χ0) is 28.4. The molecule has 0 N–H and O–H groups in total. The summed E-state index contributed by atoms with van der Waals surface area (Å²) in [5.41, 5.74) is -1.69. The van der Waals surface area contributed by atoms with E-state index in [4.69, 9.17) is 9.47 Å². The fraction of sp³-hybridized carbons (Fsp3) is 0.655. The minimum Gasteiger partial charge on any atom is -0.465 e. The Labute approximate surface area is 223 Å². The summed E-state index contributed by atoms with van der Waals surface area (Å²) in [5.74, 6) is 5.19. The van der Waals surface area contributed by atoms with Gasteiger partial charge in [-0.3, -0.25) is 9.69 Å². The molecule has 2 saturated heterocycles. The Morgan fingerprint density at radius 3 is 2.26 bits per heavy atom. The van der Waals surface area contributed by atoms with Crippen LogP contribution >= 0.6 is 0 Å². The van der Waals surface area contributed by atoms with Gasteiger partial charge in [-0.05, 0) is 91.5 Å². The van der Waals surface area contributed by atoms with E-state index in [-0.39, 0.29) is 23.8 Å². The lowest BCUT2D eigenvalue weighted by molar-refractivity contribution is -0.150. The predicted molar refractivity (Wildman–Crippen MR) is 138 cm³/mol. The van der Waals surface area contributed by atoms with E-state index in [9.17, 15) is 22.8 Å². The van der Waals surface area contributed by atoms with Crippen molar-refractivity contribution in [2.75, 3.05) is 26.2 Å². The molecule has 1 aromatic carbocycles. The number of likely N-dealkylation sites (tertiary alicyclic amines) is 2. The Bertz CT molecular complexity index is 1090. The average Bonchev–Trinajstić information content (AvgIpc) is 3.18. The third-order valence-electron chi connectivity index (χ3n) is 7.18. The minimum atomic E-state index is -4.50. The van der Waals surface area contributed by atoms with Crippen molar-refractivity contribution in [3.05, 3.63) is 34.9 Å². The van der Waals surface area contributed by atoms with Gasteiger partial charge in [0.15, 0.2) is 0 Å². The Morgan fingerprint density at radius 2 is 1.68 bits per heavy atom. The van der Waals surface area contributed by atoms with Gasteiger partial charge < -0.3 is 14.4 Å². The van der Waals surface area contributed by atoms with Crippen LogP contribution in [0.2, 0.25) is 0 Å². The van der Waals surface area contributed by atoms with Gasteiger partial charge in [-0.25, -0.2) is 4.79 Å². The summed E-state index contributed by atoms with van der Waals surface area (Å²) in [5, 5.41) is 0. The first-order valence-electron chi connectivity index (χ1n) is 13.2. The molecule has 1 spiro atoms. The van der Waals surface area contributed by atoms with Crippen LogP contribution in [-0.2, 0) is 27.0 Å². The number of rotatable bonds is 4. The molecule has 0 atom stereocenters. The van der Waals surface area contributed by atoms with Crippen molar-refractivity contribution in [2.45, 2.75) is 91.1 Å². The van der Waals surface area contributed by atoms with Crippen molar-refractivity contribution >= 4 is 12.1 Å². The van der Waals surface area contributed by atoms with E-state index < -0.39 is 28.7 Å². The van der Waals surface area contributed by atoms with E-state index in [1.165, 1.54) is 6.07 Å². The van der Waals surface area contributed by atoms with Crippen LogP contribution in [0.5, 0.6) is 0 Å². The SMILES string of the molecule is CCOC(=O)C(C)(C)C#Cc1cc(C(F)(F)F)ccc1CN1CCCC12CCN(C(=O)OC(C)(C)C)CC2. The highest BCUT2D eigenvalue weighted by molar-refractivity contribution is 5.79. The van der Waals surface area contributed by atoms with Crippen molar-refractivity contribution in [3.8, 4) is 11.8 Å². The monoisotopic (exact) mass is 536 g/mol. The van der Waals surface area contributed by atoms with E-state index in [0.29, 0.717) is 25.2 Å². The standard InChI is InChI=1S/C29H39F3N2O4/c1-7-37-24(35)27(5,6)13-11-21-19-23(29(30,31)32)10-9-22(21)20-34-16-8-12-28(34)14-17-33(18-15-28)25(36)38-26(2,3)4/h9-10,19H,7-8,12,14-18,20H2,1-6H3. The zero-order valence-electron chi connectivity index (χ0n) is 23.3. The van der Waals surface area contributed by atoms with Crippen LogP contribution < -0.4 is 0 Å². The van der Waals surface area contributed by atoms with E-state index in [2.05, 4.69) is 16.7 Å². The lowest BCUT2D eigenvalue weighted by atomic mass is 9.84. The molecule has 38 heavy (non-hydrogen) atoms. The number of piperidine rings is 1. The fourth-order valence-electron chi connectivity index (χ4n) is 5.04. The predicted octanol–water partition coefficient (Wildman–Crippen LogP) is 6.01. The molecule has 210 valence electrons. The number of ether oxygens (including phenoxy) is 2. The van der Waals surface area contributed by atoms with Crippen molar-refractivity contribution in [1.82, 2.24) is 9.80 Å². The minimum absolute atomic E-state index is 0.129. The van der Waals surface area contributed by atoms with E-state index in [1.807, 2.05) is 20.8 Å². The maximum atomic E-state index is 13.5. The van der Waals surface area contributed by atoms with Gasteiger partial charge in [-0.2, -0.15) is 13.2 Å². The van der Waals surface area contributed by atoms with E-state index in [0.717, 1.165) is 44.4 Å². The van der Waals surface area contributed by atoms with Gasteiger partial charge in [-0.1, -0.05) is 17.9 Å². The molecule has 0 aliphatic carbocycles. The number of nitrogens with zero attached hydrogens (tertiary/aromatic N) is 2. The van der Waals surface area contributed by atoms with E-state index in [1.54, 1.807) is 25.7 Å². The first kappa shape index (κ1) is 29.8. The number of alkyl halides is 3. The maximum Gasteiger partial charge on any atom is 0.416 e. The summed E-state index contributed by atoms with van der Waals surface area (Å²) in [6, 6.07) is 3.65. The lowest BCUT2D eigenvalue weighted by Crippen LogP contribution is -2.53. The highest BCUT2D eigenvalue weighted by atomic mass is 19.4. The molecule has 1 amide bonds. The molecule has 2 heterocycles. The third kappa shape index (κ3) is 7.22. The Morgan fingerprint density at radius 1 is 1.03 bits per heavy atom. The molecule has 0 unspecified atom stereocenters. The molecule has 2 aliphatic heterocycles. The van der Waals surface area contributed by atoms with Crippen LogP contribution in [0.25, 0.3) is 0 Å². The molecule has 0 radical (unpaired) electrons. The average molecular weight is 537 g/mol. The second-order valence-corrected chi connectivity index (χ2v) is 11.7. The Balaban J connectivity index is 1.84. The quantitative estimate of drug-likeness (QED) is 0.348. The Hall–Kier alpha value is -2.73. The second-order valence-electron chi connectivity index (χ2n) is 11.7. The molecule has 6 nitrogen and oxygen atoms in total. The third-order valence-corrected chi connectivity index (χ3v) is 7.18. The molecule has 3 rings (SSSR count). The number of amides is 1. The summed E-state index contributed by atoms with van der Waals surface area (Å²) >= 11 is 0. The van der Waals surface area contributed by atoms with E-state index >= 15 is 0 Å². The normalized spacial score (nSPS) is 18.2. The zero-order valence-corrected chi connectivity index (χ0v) is 23.3. The van der Waals surface area contributed by atoms with Crippen molar-refractivity contribution in [1.29, 1.82) is 0 Å². The highest BCUT2D eigenvalue weighted by Crippen LogP contribution is 2.40. The molecule has 1 aromatic rings. The largest absolute Gasteiger partial charge is 0.465 e. The number of esters is 1. The molecular weight excluding hydrogens is 497 g/mol. The summed E-state index contributed by atoms with van der Waals surface area (Å²) in [4.78, 5) is 28.9. The fourth-order valence-corrected chi connectivity index (χ4v) is 5.04. The van der Waals surface area contributed by atoms with Crippen LogP contribution in [0.3, 0.4) is 0 Å². The molecule has 0 aromatic heterocycles. The van der Waals surface area contributed by atoms with Gasteiger partial charge in [0.2, 0.25) is 0 Å². The van der Waals surface area contributed by atoms with Crippen LogP contribution in [0.1, 0.15) is 83.9 Å². The van der Waals surface area contributed by atoms with Crippen molar-refractivity contribution in [3.63, 3.8) is 0 Å². The first-order valence-corrected chi connectivity index (χ1v) is 13.2. The molecule has 0 bridgehead atoms. The number of carbonyl (C=O) groups is 2. The van der Waals surface area contributed by atoms with Crippen molar-refractivity contribution < 1.29 is 32.2 Å². The van der Waals surface area contributed by atoms with Gasteiger partial charge in [0, 0.05) is 30.7 Å². The van der Waals surface area contributed by atoms with Gasteiger partial charge >= 0.3 is 18.2 Å². The Kier molecular flexibility index (Phi) is 8.77. The second kappa shape index (κ2) is 11.2. The number of hydrogen-bond donors (Lipinski definition) is 0. The lowest BCUT2D eigenvalue weighted by Gasteiger charge is -2.45. The number of halogens is 3. The van der Waals surface area contributed by atoms with Gasteiger partial charge in [0.1, 0.15) is 11.0 Å². The number of benzene rings is 1. The maximum absolute atomic E-state index is 13.5. The van der Waals surface area contributed by atoms with Crippen LogP contribution in [-0.4, -0.2) is 59.2 Å². The molecular formula is C29H39F3N2O4. The molecule has 2 fully saturated rings. The van der Waals surface area contributed by atoms with Crippen LogP contribution in [0.15, 0.2) is 18.2 Å². The summed E-state index contributed by atoms with van der Waals surface area (Å²) < 4.78 is 51.2. The van der Waals surface area contributed by atoms with Gasteiger partial charge in [-0.15, -0.1) is 0 Å². The van der Waals surface area contributed by atoms with Gasteiger partial charge in [0.05, 0.1) is 12.2 Å². The number of carbonyl (C=O) groups excluding carboxylic acids is 2.